The molecule has 1 amide bonds. The minimum Gasteiger partial charge on any atom is -0.420 e. The van der Waals surface area contributed by atoms with Crippen molar-refractivity contribution < 1.29 is 13.9 Å². The molecule has 2 atom stereocenters. The lowest BCUT2D eigenvalue weighted by Crippen LogP contribution is -2.53. The van der Waals surface area contributed by atoms with Gasteiger partial charge in [-0.05, 0) is 37.3 Å². The number of likely N-dealkylation sites (tertiary alicyclic amines) is 1. The first-order valence-corrected chi connectivity index (χ1v) is 10.3. The summed E-state index contributed by atoms with van der Waals surface area (Å²) in [6.45, 7) is 0.985. The number of thiazole rings is 1. The summed E-state index contributed by atoms with van der Waals surface area (Å²) in [5.74, 6) is 1.38. The van der Waals surface area contributed by atoms with Gasteiger partial charge >= 0.3 is 0 Å². The predicted octanol–water partition coefficient (Wildman–Crippen LogP) is 3.49. The Balaban J connectivity index is 1.43. The van der Waals surface area contributed by atoms with Crippen molar-refractivity contribution in [3.8, 4) is 11.3 Å². The number of rotatable bonds is 5. The van der Waals surface area contributed by atoms with E-state index in [2.05, 4.69) is 15.2 Å². The first-order chi connectivity index (χ1) is 13.7. The van der Waals surface area contributed by atoms with E-state index in [0.29, 0.717) is 29.8 Å². The van der Waals surface area contributed by atoms with Crippen LogP contribution in [0.25, 0.3) is 11.3 Å². The second kappa shape index (κ2) is 6.79. The van der Waals surface area contributed by atoms with Gasteiger partial charge in [0.2, 0.25) is 11.8 Å². The molecule has 2 aromatic heterocycles. The molecule has 1 saturated carbocycles. The molecule has 28 heavy (non-hydrogen) atoms. The fourth-order valence-corrected chi connectivity index (χ4v) is 4.99. The fraction of sp³-hybridized carbons (Fsp3) is 0.400. The molecule has 2 fully saturated rings. The van der Waals surface area contributed by atoms with Crippen LogP contribution in [0.15, 0.2) is 39.6 Å². The van der Waals surface area contributed by atoms with Gasteiger partial charge in [-0.3, -0.25) is 4.79 Å². The minimum atomic E-state index is -0.469. The monoisotopic (exact) mass is 396 g/mol. The highest BCUT2D eigenvalue weighted by molar-refractivity contribution is 7.07. The van der Waals surface area contributed by atoms with Crippen LogP contribution in [0.1, 0.15) is 41.4 Å². The number of fused-ring (bicyclic) bond motifs is 1. The number of nitrogens with zero attached hydrogens (tertiary/aromatic N) is 4. The maximum Gasteiger partial charge on any atom is 0.254 e. The smallest absolute Gasteiger partial charge is 0.254 e. The van der Waals surface area contributed by atoms with E-state index in [9.17, 15) is 4.79 Å². The molecule has 0 N–H and O–H groups in total. The van der Waals surface area contributed by atoms with Crippen molar-refractivity contribution in [1.82, 2.24) is 20.1 Å². The summed E-state index contributed by atoms with van der Waals surface area (Å²) in [5, 5.41) is 10.4. The third-order valence-corrected chi connectivity index (χ3v) is 6.53. The van der Waals surface area contributed by atoms with Gasteiger partial charge in [0.25, 0.3) is 5.91 Å². The number of hydrogen-bond donors (Lipinski definition) is 0. The summed E-state index contributed by atoms with van der Waals surface area (Å²) in [5.41, 5.74) is 3.95. The summed E-state index contributed by atoms with van der Waals surface area (Å²) in [4.78, 5) is 19.6. The highest BCUT2D eigenvalue weighted by Crippen LogP contribution is 2.56. The summed E-state index contributed by atoms with van der Waals surface area (Å²) >= 11 is 1.56. The van der Waals surface area contributed by atoms with E-state index in [1.165, 1.54) is 0 Å². The highest BCUT2D eigenvalue weighted by Gasteiger charge is 2.61. The topological polar surface area (TPSA) is 81.4 Å². The first-order valence-electron chi connectivity index (χ1n) is 9.35. The number of carbonyl (C=O) groups excluding carboxylic acids is 1. The van der Waals surface area contributed by atoms with Crippen molar-refractivity contribution >= 4 is 17.2 Å². The van der Waals surface area contributed by atoms with E-state index in [4.69, 9.17) is 9.15 Å². The Morgan fingerprint density at radius 1 is 1.32 bits per heavy atom. The van der Waals surface area contributed by atoms with Crippen LogP contribution < -0.4 is 0 Å². The molecule has 3 aromatic rings. The summed E-state index contributed by atoms with van der Waals surface area (Å²) in [6.07, 6.45) is 2.90. The Morgan fingerprint density at radius 2 is 2.18 bits per heavy atom. The Labute approximate surface area is 166 Å². The van der Waals surface area contributed by atoms with E-state index in [1.54, 1.807) is 24.0 Å². The quantitative estimate of drug-likeness (QED) is 0.657. The van der Waals surface area contributed by atoms with Gasteiger partial charge in [0.15, 0.2) is 0 Å². The van der Waals surface area contributed by atoms with Gasteiger partial charge in [-0.2, -0.15) is 0 Å². The average molecular weight is 396 g/mol. The number of amides is 1. The molecule has 3 heterocycles. The largest absolute Gasteiger partial charge is 0.420 e. The van der Waals surface area contributed by atoms with Gasteiger partial charge < -0.3 is 14.1 Å². The van der Waals surface area contributed by atoms with Gasteiger partial charge in [0.1, 0.15) is 12.1 Å². The van der Waals surface area contributed by atoms with Crippen LogP contribution in [-0.2, 0) is 16.9 Å². The summed E-state index contributed by atoms with van der Waals surface area (Å²) in [7, 11) is 1.59. The van der Waals surface area contributed by atoms with Crippen LogP contribution in [-0.4, -0.2) is 39.6 Å². The average Bonchev–Trinajstić information content (AvgIpc) is 3.43. The zero-order chi connectivity index (χ0) is 19.1. The third-order valence-electron chi connectivity index (χ3n) is 5.94. The van der Waals surface area contributed by atoms with Crippen molar-refractivity contribution in [2.45, 2.75) is 31.4 Å². The molecule has 0 unspecified atom stereocenters. The molecule has 5 rings (SSSR count). The molecule has 144 valence electrons. The molecule has 0 radical (unpaired) electrons. The van der Waals surface area contributed by atoms with Crippen molar-refractivity contribution in [2.24, 2.45) is 5.92 Å². The Morgan fingerprint density at radius 3 is 2.86 bits per heavy atom. The molecule has 1 aromatic carbocycles. The van der Waals surface area contributed by atoms with E-state index in [1.807, 2.05) is 34.5 Å². The molecular weight excluding hydrogens is 376 g/mol. The van der Waals surface area contributed by atoms with Crippen LogP contribution >= 0.6 is 11.3 Å². The predicted molar refractivity (Wildman–Crippen MR) is 103 cm³/mol. The van der Waals surface area contributed by atoms with Gasteiger partial charge in [0, 0.05) is 30.2 Å². The molecule has 1 aliphatic heterocycles. The summed E-state index contributed by atoms with van der Waals surface area (Å²) < 4.78 is 11.0. The SMILES string of the molecule is COCc1nnc([C@]23CC[C@H]2CCN3C(=O)c2ccc(-c3cscn3)cc2)o1. The van der Waals surface area contributed by atoms with Gasteiger partial charge in [0.05, 0.1) is 11.2 Å². The number of methoxy groups -OCH3 is 1. The Hall–Kier alpha value is -2.58. The van der Waals surface area contributed by atoms with Crippen LogP contribution in [0.3, 0.4) is 0 Å². The van der Waals surface area contributed by atoms with Crippen molar-refractivity contribution in [2.75, 3.05) is 13.7 Å². The van der Waals surface area contributed by atoms with E-state index >= 15 is 0 Å². The normalized spacial score (nSPS) is 23.5. The van der Waals surface area contributed by atoms with E-state index in [0.717, 1.165) is 30.5 Å². The van der Waals surface area contributed by atoms with Gasteiger partial charge in [-0.25, -0.2) is 4.98 Å². The molecule has 1 aliphatic carbocycles. The number of carbonyl (C=O) groups is 1. The van der Waals surface area contributed by atoms with Crippen molar-refractivity contribution in [3.63, 3.8) is 0 Å². The van der Waals surface area contributed by atoms with Gasteiger partial charge in [-0.1, -0.05) is 12.1 Å². The summed E-state index contributed by atoms with van der Waals surface area (Å²) in [6, 6.07) is 7.65. The number of aromatic nitrogens is 3. The highest BCUT2D eigenvalue weighted by atomic mass is 32.1. The number of ether oxygens (including phenoxy) is 1. The number of benzene rings is 1. The van der Waals surface area contributed by atoms with Crippen LogP contribution in [0.4, 0.5) is 0 Å². The van der Waals surface area contributed by atoms with Crippen LogP contribution in [0, 0.1) is 5.92 Å². The molecule has 0 spiro atoms. The Kier molecular flexibility index (Phi) is 4.25. The molecule has 7 nitrogen and oxygen atoms in total. The van der Waals surface area contributed by atoms with Crippen LogP contribution in [0.5, 0.6) is 0 Å². The second-order valence-electron chi connectivity index (χ2n) is 7.29. The third kappa shape index (κ3) is 2.59. The maximum absolute atomic E-state index is 13.3. The van der Waals surface area contributed by atoms with Crippen molar-refractivity contribution in [3.05, 3.63) is 52.5 Å². The zero-order valence-corrected chi connectivity index (χ0v) is 16.3. The second-order valence-corrected chi connectivity index (χ2v) is 8.01. The lowest BCUT2D eigenvalue weighted by atomic mass is 9.67. The zero-order valence-electron chi connectivity index (χ0n) is 15.5. The molecule has 2 aliphatic rings. The number of hydrogen-bond acceptors (Lipinski definition) is 7. The fourth-order valence-electron chi connectivity index (χ4n) is 4.43. The molecule has 0 bridgehead atoms. The Bertz CT molecular complexity index is 985. The van der Waals surface area contributed by atoms with Crippen molar-refractivity contribution in [1.29, 1.82) is 0 Å². The van der Waals surface area contributed by atoms with E-state index < -0.39 is 5.54 Å². The first kappa shape index (κ1) is 17.5. The van der Waals surface area contributed by atoms with E-state index in [-0.39, 0.29) is 12.5 Å². The lowest BCUT2D eigenvalue weighted by molar-refractivity contribution is -0.00459. The molecule has 1 saturated heterocycles. The molecular formula is C20H20N4O3S. The maximum atomic E-state index is 13.3. The minimum absolute atomic E-state index is 0.0125. The standard InChI is InChI=1S/C20H20N4O3S/c1-26-10-17-22-23-19(27-17)20-8-6-15(20)7-9-24(20)18(25)14-4-2-13(3-5-14)16-11-28-12-21-16/h2-5,11-12,15H,6-10H2,1H3/t15-,20-/m0/s1. The molecule has 8 heteroatoms. The van der Waals surface area contributed by atoms with Crippen LogP contribution in [0.2, 0.25) is 0 Å². The van der Waals surface area contributed by atoms with Gasteiger partial charge in [-0.15, -0.1) is 21.5 Å². The lowest BCUT2D eigenvalue weighted by Gasteiger charge is -2.47.